The summed E-state index contributed by atoms with van der Waals surface area (Å²) in [5.74, 6) is 0.984. The number of nitrogens with two attached hydrogens (primary N) is 1. The number of carbonyl (C=O) groups excluding carboxylic acids is 2. The molecule has 0 radical (unpaired) electrons. The molecule has 1 heterocycles. The fraction of sp³-hybridized carbons (Fsp3) is 0.833. The van der Waals surface area contributed by atoms with Gasteiger partial charge in [0.05, 0.1) is 6.54 Å². The molecule has 1 rings (SSSR count). The largest absolute Gasteiger partial charge is 0.369 e. The predicted molar refractivity (Wildman–Crippen MR) is 82.0 cm³/mol. The van der Waals surface area contributed by atoms with Crippen LogP contribution in [-0.4, -0.2) is 42.5 Å². The summed E-state index contributed by atoms with van der Waals surface area (Å²) in [6.07, 6.45) is 5.23. The van der Waals surface area contributed by atoms with Gasteiger partial charge in [-0.2, -0.15) is 0 Å². The molecule has 0 aromatic carbocycles. The molecule has 0 aromatic heterocycles. The maximum atomic E-state index is 11.5. The Bertz CT molecular complexity index is 284. The van der Waals surface area contributed by atoms with E-state index >= 15 is 0 Å². The van der Waals surface area contributed by atoms with E-state index in [2.05, 4.69) is 10.6 Å². The molecule has 0 unspecified atom stereocenters. The lowest BCUT2D eigenvalue weighted by molar-refractivity contribution is -0.121. The van der Waals surface area contributed by atoms with Crippen molar-refractivity contribution in [2.45, 2.75) is 37.4 Å². The fourth-order valence-corrected chi connectivity index (χ4v) is 4.84. The summed E-state index contributed by atoms with van der Waals surface area (Å²) in [6.45, 7) is 1.28. The van der Waals surface area contributed by atoms with E-state index in [-0.39, 0.29) is 18.4 Å². The van der Waals surface area contributed by atoms with Gasteiger partial charge in [-0.05, 0) is 19.3 Å². The molecular formula is C12H23N3O2S2. The third-order valence-electron chi connectivity index (χ3n) is 2.83. The normalized spacial score (nSPS) is 18.4. The van der Waals surface area contributed by atoms with Crippen LogP contribution in [0.25, 0.3) is 0 Å². The maximum Gasteiger partial charge on any atom is 0.231 e. The minimum atomic E-state index is -0.380. The summed E-state index contributed by atoms with van der Waals surface area (Å²) in [6, 6.07) is 0. The topological polar surface area (TPSA) is 84.2 Å². The van der Waals surface area contributed by atoms with Gasteiger partial charge in [0.25, 0.3) is 0 Å². The zero-order valence-corrected chi connectivity index (χ0v) is 12.8. The Morgan fingerprint density at radius 1 is 1.26 bits per heavy atom. The van der Waals surface area contributed by atoms with Crippen molar-refractivity contribution in [2.75, 3.05) is 25.4 Å². The second-order valence-corrected chi connectivity index (χ2v) is 7.36. The molecule has 19 heavy (non-hydrogen) atoms. The summed E-state index contributed by atoms with van der Waals surface area (Å²) in [5.41, 5.74) is 4.98. The minimum Gasteiger partial charge on any atom is -0.369 e. The Morgan fingerprint density at radius 3 is 2.79 bits per heavy atom. The van der Waals surface area contributed by atoms with Crippen LogP contribution in [0.3, 0.4) is 0 Å². The zero-order valence-electron chi connectivity index (χ0n) is 11.2. The first-order valence-corrected chi connectivity index (χ1v) is 9.10. The van der Waals surface area contributed by atoms with Crippen LogP contribution in [0.2, 0.25) is 0 Å². The number of carbonyl (C=O) groups is 2. The van der Waals surface area contributed by atoms with Gasteiger partial charge in [-0.3, -0.25) is 9.59 Å². The van der Waals surface area contributed by atoms with Crippen LogP contribution in [-0.2, 0) is 9.59 Å². The highest BCUT2D eigenvalue weighted by atomic mass is 33.1. The first-order valence-electron chi connectivity index (χ1n) is 6.72. The number of unbranched alkanes of at least 4 members (excludes halogenated alkanes) is 1. The Balaban J connectivity index is 1.86. The Kier molecular flexibility index (Phi) is 9.11. The van der Waals surface area contributed by atoms with Crippen LogP contribution in [0.15, 0.2) is 0 Å². The maximum absolute atomic E-state index is 11.5. The molecule has 1 aliphatic rings. The molecule has 4 N–H and O–H groups in total. The highest BCUT2D eigenvalue weighted by Gasteiger charge is 2.15. The lowest BCUT2D eigenvalue weighted by Crippen LogP contribution is -2.35. The molecule has 5 nitrogen and oxygen atoms in total. The van der Waals surface area contributed by atoms with Gasteiger partial charge in [-0.25, -0.2) is 0 Å². The van der Waals surface area contributed by atoms with Crippen molar-refractivity contribution in [1.29, 1.82) is 0 Å². The van der Waals surface area contributed by atoms with Gasteiger partial charge >= 0.3 is 0 Å². The molecule has 2 amide bonds. The molecule has 1 fully saturated rings. The van der Waals surface area contributed by atoms with Crippen molar-refractivity contribution in [1.82, 2.24) is 10.6 Å². The number of primary amides is 1. The van der Waals surface area contributed by atoms with Gasteiger partial charge in [0.15, 0.2) is 0 Å². The third-order valence-corrected chi connectivity index (χ3v) is 5.84. The van der Waals surface area contributed by atoms with Gasteiger partial charge in [0, 0.05) is 30.5 Å². The van der Waals surface area contributed by atoms with Crippen molar-refractivity contribution in [3.05, 3.63) is 0 Å². The summed E-state index contributed by atoms with van der Waals surface area (Å²) >= 11 is 0. The first-order chi connectivity index (χ1) is 9.18. The van der Waals surface area contributed by atoms with Crippen molar-refractivity contribution < 1.29 is 9.59 Å². The molecule has 1 saturated heterocycles. The Hall–Kier alpha value is -0.400. The van der Waals surface area contributed by atoms with Crippen LogP contribution >= 0.6 is 21.6 Å². The van der Waals surface area contributed by atoms with Gasteiger partial charge in [0.1, 0.15) is 0 Å². The molecule has 0 bridgehead atoms. The summed E-state index contributed by atoms with van der Waals surface area (Å²) in [4.78, 5) is 21.9. The Morgan fingerprint density at radius 2 is 2.11 bits per heavy atom. The number of hydrogen-bond acceptors (Lipinski definition) is 5. The highest BCUT2D eigenvalue weighted by molar-refractivity contribution is 8.77. The number of amides is 2. The van der Waals surface area contributed by atoms with Crippen LogP contribution in [0.1, 0.15) is 32.1 Å². The number of rotatable bonds is 10. The van der Waals surface area contributed by atoms with Crippen molar-refractivity contribution >= 4 is 33.4 Å². The van der Waals surface area contributed by atoms with E-state index in [4.69, 9.17) is 5.73 Å². The average Bonchev–Trinajstić information content (AvgIpc) is 2.87. The predicted octanol–water partition coefficient (Wildman–Crippen LogP) is 0.892. The smallest absolute Gasteiger partial charge is 0.231 e. The number of hydrogen-bond donors (Lipinski definition) is 3. The van der Waals surface area contributed by atoms with Crippen molar-refractivity contribution in [2.24, 2.45) is 5.73 Å². The van der Waals surface area contributed by atoms with Gasteiger partial charge in [0.2, 0.25) is 11.8 Å². The first kappa shape index (κ1) is 16.7. The van der Waals surface area contributed by atoms with Crippen LogP contribution in [0.4, 0.5) is 0 Å². The van der Waals surface area contributed by atoms with E-state index in [0.717, 1.165) is 18.1 Å². The van der Waals surface area contributed by atoms with Crippen LogP contribution in [0, 0.1) is 0 Å². The zero-order chi connectivity index (χ0) is 13.9. The molecule has 1 aliphatic heterocycles. The van der Waals surface area contributed by atoms with Gasteiger partial charge in [-0.1, -0.05) is 28.0 Å². The molecule has 0 aliphatic carbocycles. The molecular weight excluding hydrogens is 282 g/mol. The van der Waals surface area contributed by atoms with E-state index in [9.17, 15) is 9.59 Å². The molecule has 110 valence electrons. The average molecular weight is 305 g/mol. The van der Waals surface area contributed by atoms with Crippen LogP contribution in [0.5, 0.6) is 0 Å². The SMILES string of the molecule is NC(=O)CNCCNC(=O)CCCC[C@@H]1CCSS1. The second-order valence-electron chi connectivity index (χ2n) is 4.57. The van der Waals surface area contributed by atoms with Gasteiger partial charge < -0.3 is 16.4 Å². The monoisotopic (exact) mass is 305 g/mol. The molecule has 0 aromatic rings. The highest BCUT2D eigenvalue weighted by Crippen LogP contribution is 2.39. The minimum absolute atomic E-state index is 0.0920. The van der Waals surface area contributed by atoms with Crippen molar-refractivity contribution in [3.63, 3.8) is 0 Å². The summed E-state index contributed by atoms with van der Waals surface area (Å²) in [5, 5.41) is 6.47. The van der Waals surface area contributed by atoms with E-state index in [1.165, 1.54) is 18.6 Å². The van der Waals surface area contributed by atoms with E-state index < -0.39 is 0 Å². The number of nitrogens with one attached hydrogen (secondary N) is 2. The lowest BCUT2D eigenvalue weighted by atomic mass is 10.1. The standard InChI is InChI=1S/C12H23N3O2S2/c13-11(16)9-14-6-7-15-12(17)4-2-1-3-10-5-8-18-19-10/h10,14H,1-9H2,(H2,13,16)(H,15,17)/t10-/m1/s1. The molecule has 0 saturated carbocycles. The van der Waals surface area contributed by atoms with E-state index in [0.29, 0.717) is 19.5 Å². The van der Waals surface area contributed by atoms with Crippen molar-refractivity contribution in [3.8, 4) is 0 Å². The molecule has 1 atom stereocenters. The second kappa shape index (κ2) is 10.4. The lowest BCUT2D eigenvalue weighted by Gasteiger charge is -2.07. The fourth-order valence-electron chi connectivity index (χ4n) is 1.81. The van der Waals surface area contributed by atoms with Crippen LogP contribution < -0.4 is 16.4 Å². The summed E-state index contributed by atoms with van der Waals surface area (Å²) < 4.78 is 0. The van der Waals surface area contributed by atoms with E-state index in [1.54, 1.807) is 0 Å². The van der Waals surface area contributed by atoms with E-state index in [1.807, 2.05) is 21.6 Å². The third kappa shape index (κ3) is 9.18. The Labute approximate surface area is 122 Å². The quantitative estimate of drug-likeness (QED) is 0.412. The molecule has 7 heteroatoms. The van der Waals surface area contributed by atoms with Gasteiger partial charge in [-0.15, -0.1) is 0 Å². The molecule has 0 spiro atoms. The summed E-state index contributed by atoms with van der Waals surface area (Å²) in [7, 11) is 3.95.